The fourth-order valence-electron chi connectivity index (χ4n) is 1.49. The molecule has 0 aliphatic heterocycles. The molecule has 0 saturated carbocycles. The Labute approximate surface area is 91.0 Å². The maximum Gasteiger partial charge on any atom is 0.203 e. The van der Waals surface area contributed by atoms with Gasteiger partial charge in [0.05, 0.1) is 21.3 Å². The predicted octanol–water partition coefficient (Wildman–Crippen LogP) is 2.48. The van der Waals surface area contributed by atoms with Gasteiger partial charge in [-0.2, -0.15) is 0 Å². The zero-order valence-electron chi connectivity index (χ0n) is 9.66. The summed E-state index contributed by atoms with van der Waals surface area (Å²) in [5.41, 5.74) is 1.15. The first-order valence-corrected chi connectivity index (χ1v) is 4.83. The van der Waals surface area contributed by atoms with Crippen molar-refractivity contribution in [2.45, 2.75) is 13.3 Å². The van der Waals surface area contributed by atoms with Gasteiger partial charge in [0.1, 0.15) is 0 Å². The molecule has 0 bridgehead atoms. The van der Waals surface area contributed by atoms with Crippen LogP contribution in [0.1, 0.15) is 12.5 Å². The van der Waals surface area contributed by atoms with Crippen molar-refractivity contribution < 1.29 is 14.2 Å². The van der Waals surface area contributed by atoms with E-state index in [1.165, 1.54) is 0 Å². The lowest BCUT2D eigenvalue weighted by Gasteiger charge is -2.13. The monoisotopic (exact) mass is 209 g/mol. The number of hydrogen-bond donors (Lipinski definition) is 0. The lowest BCUT2D eigenvalue weighted by Crippen LogP contribution is -1.97. The molecule has 0 amide bonds. The SMILES string of the molecule is C[CH]Cc1cc(OC)c(OC)c(OC)c1. The van der Waals surface area contributed by atoms with E-state index in [1.807, 2.05) is 19.1 Å². The van der Waals surface area contributed by atoms with Crippen LogP contribution in [0.3, 0.4) is 0 Å². The molecule has 0 unspecified atom stereocenters. The minimum Gasteiger partial charge on any atom is -0.493 e. The normalized spacial score (nSPS) is 9.87. The van der Waals surface area contributed by atoms with E-state index in [2.05, 4.69) is 6.42 Å². The fraction of sp³-hybridized carbons (Fsp3) is 0.417. The summed E-state index contributed by atoms with van der Waals surface area (Å²) in [6.07, 6.45) is 2.97. The number of methoxy groups -OCH3 is 3. The van der Waals surface area contributed by atoms with Crippen molar-refractivity contribution in [3.8, 4) is 17.2 Å². The van der Waals surface area contributed by atoms with E-state index in [-0.39, 0.29) is 0 Å². The summed E-state index contributed by atoms with van der Waals surface area (Å²) in [6, 6.07) is 3.92. The molecule has 0 aliphatic rings. The van der Waals surface area contributed by atoms with E-state index in [0.29, 0.717) is 17.2 Å². The number of benzene rings is 1. The molecule has 0 aliphatic carbocycles. The third-order valence-corrected chi connectivity index (χ3v) is 2.16. The second-order valence-electron chi connectivity index (χ2n) is 3.15. The van der Waals surface area contributed by atoms with Crippen molar-refractivity contribution in [2.24, 2.45) is 0 Å². The summed E-state index contributed by atoms with van der Waals surface area (Å²) in [4.78, 5) is 0. The maximum atomic E-state index is 5.25. The van der Waals surface area contributed by atoms with E-state index in [4.69, 9.17) is 14.2 Å². The molecule has 0 atom stereocenters. The zero-order chi connectivity index (χ0) is 11.3. The lowest BCUT2D eigenvalue weighted by molar-refractivity contribution is 0.324. The molecular weight excluding hydrogens is 192 g/mol. The Morgan fingerprint density at radius 1 is 1.00 bits per heavy atom. The molecule has 0 heterocycles. The summed E-state index contributed by atoms with van der Waals surface area (Å²) < 4.78 is 15.7. The second-order valence-corrected chi connectivity index (χ2v) is 3.15. The van der Waals surface area contributed by atoms with Crippen LogP contribution in [-0.2, 0) is 6.42 Å². The molecule has 0 spiro atoms. The molecule has 1 radical (unpaired) electrons. The molecule has 15 heavy (non-hydrogen) atoms. The molecule has 1 aromatic rings. The van der Waals surface area contributed by atoms with Crippen molar-refractivity contribution in [3.63, 3.8) is 0 Å². The Balaban J connectivity index is 3.16. The van der Waals surface area contributed by atoms with Crippen LogP contribution in [0, 0.1) is 6.42 Å². The Hall–Kier alpha value is -1.38. The van der Waals surface area contributed by atoms with Crippen molar-refractivity contribution in [1.82, 2.24) is 0 Å². The van der Waals surface area contributed by atoms with Gasteiger partial charge in [-0.25, -0.2) is 0 Å². The van der Waals surface area contributed by atoms with E-state index in [1.54, 1.807) is 21.3 Å². The van der Waals surface area contributed by atoms with Crippen molar-refractivity contribution >= 4 is 0 Å². The van der Waals surface area contributed by atoms with E-state index >= 15 is 0 Å². The molecule has 0 fully saturated rings. The van der Waals surface area contributed by atoms with Gasteiger partial charge in [-0.05, 0) is 30.5 Å². The lowest BCUT2D eigenvalue weighted by atomic mass is 10.1. The summed E-state index contributed by atoms with van der Waals surface area (Å²) in [5.74, 6) is 2.04. The smallest absolute Gasteiger partial charge is 0.203 e. The molecule has 1 rings (SSSR count). The average molecular weight is 209 g/mol. The van der Waals surface area contributed by atoms with Crippen LogP contribution < -0.4 is 14.2 Å². The van der Waals surface area contributed by atoms with Gasteiger partial charge in [-0.3, -0.25) is 0 Å². The van der Waals surface area contributed by atoms with E-state index < -0.39 is 0 Å². The Morgan fingerprint density at radius 2 is 1.53 bits per heavy atom. The van der Waals surface area contributed by atoms with Gasteiger partial charge in [0.25, 0.3) is 0 Å². The Bertz CT molecular complexity index is 296. The van der Waals surface area contributed by atoms with Crippen LogP contribution in [0.15, 0.2) is 12.1 Å². The van der Waals surface area contributed by atoms with Gasteiger partial charge >= 0.3 is 0 Å². The first-order valence-electron chi connectivity index (χ1n) is 4.83. The average Bonchev–Trinajstić information content (AvgIpc) is 2.28. The van der Waals surface area contributed by atoms with Crippen LogP contribution in [0.5, 0.6) is 17.2 Å². The van der Waals surface area contributed by atoms with Crippen molar-refractivity contribution in [2.75, 3.05) is 21.3 Å². The van der Waals surface area contributed by atoms with Gasteiger partial charge in [0, 0.05) is 0 Å². The maximum absolute atomic E-state index is 5.25. The molecule has 0 aromatic heterocycles. The number of ether oxygens (including phenoxy) is 3. The second kappa shape index (κ2) is 5.49. The molecular formula is C12H17O3. The largest absolute Gasteiger partial charge is 0.493 e. The van der Waals surface area contributed by atoms with Crippen LogP contribution in [0.25, 0.3) is 0 Å². The standard InChI is InChI=1S/C12H17O3/c1-5-6-9-7-10(13-2)12(15-4)11(8-9)14-3/h5,7-8H,6H2,1-4H3. The molecule has 3 heteroatoms. The first kappa shape index (κ1) is 11.7. The van der Waals surface area contributed by atoms with E-state index in [9.17, 15) is 0 Å². The molecule has 83 valence electrons. The third-order valence-electron chi connectivity index (χ3n) is 2.16. The highest BCUT2D eigenvalue weighted by atomic mass is 16.5. The number of hydrogen-bond acceptors (Lipinski definition) is 3. The van der Waals surface area contributed by atoms with Gasteiger partial charge < -0.3 is 14.2 Å². The highest BCUT2D eigenvalue weighted by Gasteiger charge is 2.12. The van der Waals surface area contributed by atoms with Gasteiger partial charge in [0.15, 0.2) is 11.5 Å². The molecule has 0 N–H and O–H groups in total. The molecule has 0 saturated heterocycles. The highest BCUT2D eigenvalue weighted by molar-refractivity contribution is 5.54. The minimum absolute atomic E-state index is 0.639. The summed E-state index contributed by atoms with van der Waals surface area (Å²) in [6.45, 7) is 2.02. The van der Waals surface area contributed by atoms with E-state index in [0.717, 1.165) is 12.0 Å². The van der Waals surface area contributed by atoms with Gasteiger partial charge in [-0.15, -0.1) is 0 Å². The molecule has 3 nitrogen and oxygen atoms in total. The van der Waals surface area contributed by atoms with Gasteiger partial charge in [0.2, 0.25) is 5.75 Å². The summed E-state index contributed by atoms with van der Waals surface area (Å²) in [7, 11) is 4.85. The zero-order valence-corrected chi connectivity index (χ0v) is 9.66. The quantitative estimate of drug-likeness (QED) is 0.745. The van der Waals surface area contributed by atoms with Crippen LogP contribution >= 0.6 is 0 Å². The highest BCUT2D eigenvalue weighted by Crippen LogP contribution is 2.38. The van der Waals surface area contributed by atoms with Crippen molar-refractivity contribution in [1.29, 1.82) is 0 Å². The number of rotatable bonds is 5. The summed E-state index contributed by atoms with van der Waals surface area (Å²) in [5, 5.41) is 0. The van der Waals surface area contributed by atoms with Crippen LogP contribution in [-0.4, -0.2) is 21.3 Å². The molecule has 1 aromatic carbocycles. The third kappa shape index (κ3) is 2.55. The predicted molar refractivity (Wildman–Crippen MR) is 59.8 cm³/mol. The Morgan fingerprint density at radius 3 is 1.87 bits per heavy atom. The topological polar surface area (TPSA) is 27.7 Å². The fourth-order valence-corrected chi connectivity index (χ4v) is 1.49. The minimum atomic E-state index is 0.639. The van der Waals surface area contributed by atoms with Crippen LogP contribution in [0.2, 0.25) is 0 Å². The van der Waals surface area contributed by atoms with Crippen molar-refractivity contribution in [3.05, 3.63) is 24.1 Å². The van der Waals surface area contributed by atoms with Crippen LogP contribution in [0.4, 0.5) is 0 Å². The van der Waals surface area contributed by atoms with Gasteiger partial charge in [-0.1, -0.05) is 6.92 Å². The first-order chi connectivity index (χ1) is 7.26. The Kier molecular flexibility index (Phi) is 4.28. The summed E-state index contributed by atoms with van der Waals surface area (Å²) >= 11 is 0.